The molecule has 1 aromatic carbocycles. The summed E-state index contributed by atoms with van der Waals surface area (Å²) in [5.41, 5.74) is 2.97. The van der Waals surface area contributed by atoms with Crippen LogP contribution in [0.15, 0.2) is 30.3 Å². The van der Waals surface area contributed by atoms with E-state index in [0.29, 0.717) is 2.66 Å². The van der Waals surface area contributed by atoms with Crippen molar-refractivity contribution in [3.63, 3.8) is 0 Å². The molecule has 1 aliphatic rings. The zero-order valence-electron chi connectivity index (χ0n) is 7.67. The van der Waals surface area contributed by atoms with Gasteiger partial charge < -0.3 is 0 Å². The molecule has 0 amide bonds. The Hall–Kier alpha value is -0.0400. The van der Waals surface area contributed by atoms with Gasteiger partial charge in [0.1, 0.15) is 0 Å². The van der Waals surface area contributed by atoms with Gasteiger partial charge in [-0.15, -0.1) is 0 Å². The molecule has 0 fully saturated rings. The van der Waals surface area contributed by atoms with Gasteiger partial charge in [-0.1, -0.05) is 0 Å². The third kappa shape index (κ3) is 1.19. The SMILES string of the molecule is CC[C]1([Na])C=Cc2ccccc21. The fourth-order valence-electron chi connectivity index (χ4n) is 1.83. The summed E-state index contributed by atoms with van der Waals surface area (Å²) in [4.78, 5) is 0. The van der Waals surface area contributed by atoms with Crippen LogP contribution in [0.3, 0.4) is 0 Å². The van der Waals surface area contributed by atoms with E-state index in [1.807, 2.05) is 0 Å². The van der Waals surface area contributed by atoms with Crippen LogP contribution in [0, 0.1) is 0 Å². The normalized spacial score (nSPS) is 25.9. The van der Waals surface area contributed by atoms with Crippen LogP contribution in [-0.2, 0) is 2.66 Å². The number of hydrogen-bond acceptors (Lipinski definition) is 0. The van der Waals surface area contributed by atoms with E-state index in [1.165, 1.54) is 39.9 Å². The zero-order chi connectivity index (χ0) is 8.60. The third-order valence-electron chi connectivity index (χ3n) is 2.94. The Morgan fingerprint density at radius 2 is 2.08 bits per heavy atom. The molecule has 1 unspecified atom stereocenters. The van der Waals surface area contributed by atoms with Gasteiger partial charge in [0, 0.05) is 0 Å². The van der Waals surface area contributed by atoms with Gasteiger partial charge in [0.15, 0.2) is 0 Å². The maximum atomic E-state index is 2.38. The van der Waals surface area contributed by atoms with Crippen molar-refractivity contribution < 1.29 is 0 Å². The molecule has 0 spiro atoms. The molecule has 12 heavy (non-hydrogen) atoms. The number of allylic oxidation sites excluding steroid dienone is 1. The van der Waals surface area contributed by atoms with Gasteiger partial charge >= 0.3 is 91.5 Å². The number of rotatable bonds is 1. The Morgan fingerprint density at radius 1 is 1.33 bits per heavy atom. The van der Waals surface area contributed by atoms with Crippen molar-refractivity contribution in [3.8, 4) is 0 Å². The molecule has 1 aromatic rings. The second kappa shape index (κ2) is 3.02. The average Bonchev–Trinajstić information content (AvgIpc) is 2.46. The van der Waals surface area contributed by atoms with Crippen LogP contribution >= 0.6 is 0 Å². The summed E-state index contributed by atoms with van der Waals surface area (Å²) < 4.78 is 0.427. The molecule has 1 atom stereocenters. The summed E-state index contributed by atoms with van der Waals surface area (Å²) >= 11 is 1.22. The molecule has 2 rings (SSSR count). The molecule has 0 bridgehead atoms. The molecular formula is C11H11Na. The van der Waals surface area contributed by atoms with Crippen LogP contribution < -0.4 is 0 Å². The van der Waals surface area contributed by atoms with E-state index < -0.39 is 0 Å². The zero-order valence-corrected chi connectivity index (χ0v) is 9.67. The van der Waals surface area contributed by atoms with E-state index in [1.54, 1.807) is 5.56 Å². The quantitative estimate of drug-likeness (QED) is 0.562. The van der Waals surface area contributed by atoms with Crippen LogP contribution in [-0.4, -0.2) is 27.9 Å². The van der Waals surface area contributed by atoms with Crippen molar-refractivity contribution in [1.29, 1.82) is 0 Å². The Balaban J connectivity index is 2.56. The van der Waals surface area contributed by atoms with Gasteiger partial charge in [-0.05, 0) is 0 Å². The average molecular weight is 166 g/mol. The van der Waals surface area contributed by atoms with Crippen molar-refractivity contribution in [2.45, 2.75) is 16.0 Å². The minimum absolute atomic E-state index is 0.427. The Morgan fingerprint density at radius 3 is 2.83 bits per heavy atom. The minimum atomic E-state index is 0.427. The molecule has 56 valence electrons. The number of hydrogen-bond donors (Lipinski definition) is 0. The summed E-state index contributed by atoms with van der Waals surface area (Å²) in [6.07, 6.45) is 5.89. The Kier molecular flexibility index (Phi) is 2.16. The first kappa shape index (κ1) is 8.55. The molecule has 0 saturated carbocycles. The van der Waals surface area contributed by atoms with Crippen molar-refractivity contribution in [1.82, 2.24) is 0 Å². The summed E-state index contributed by atoms with van der Waals surface area (Å²) in [6.45, 7) is 2.28. The number of benzene rings is 1. The maximum absolute atomic E-state index is 2.38. The molecule has 0 aromatic heterocycles. The van der Waals surface area contributed by atoms with Crippen LogP contribution in [0.5, 0.6) is 0 Å². The first-order valence-electron chi connectivity index (χ1n) is 4.55. The second-order valence-electron chi connectivity index (χ2n) is 3.69. The summed E-state index contributed by atoms with van der Waals surface area (Å²) in [5, 5.41) is 0. The summed E-state index contributed by atoms with van der Waals surface area (Å²) in [6, 6.07) is 8.74. The third-order valence-corrected chi connectivity index (χ3v) is 4.52. The number of fused-ring (bicyclic) bond motifs is 1. The van der Waals surface area contributed by atoms with E-state index in [9.17, 15) is 0 Å². The predicted molar refractivity (Wildman–Crippen MR) is 53.2 cm³/mol. The van der Waals surface area contributed by atoms with Gasteiger partial charge in [0.2, 0.25) is 0 Å². The van der Waals surface area contributed by atoms with Crippen molar-refractivity contribution in [2.75, 3.05) is 0 Å². The molecule has 0 aliphatic heterocycles. The molecule has 1 aliphatic carbocycles. The van der Waals surface area contributed by atoms with Crippen LogP contribution in [0.2, 0.25) is 0 Å². The topological polar surface area (TPSA) is 0 Å². The molecule has 0 nitrogen and oxygen atoms in total. The fraction of sp³-hybridized carbons (Fsp3) is 0.273. The second-order valence-corrected chi connectivity index (χ2v) is 5.48. The molecular weight excluding hydrogens is 155 g/mol. The van der Waals surface area contributed by atoms with E-state index in [0.717, 1.165) is 0 Å². The first-order valence-corrected chi connectivity index (χ1v) is 5.55. The van der Waals surface area contributed by atoms with Crippen molar-refractivity contribution in [2.24, 2.45) is 0 Å². The Bertz CT molecular complexity index is 328. The molecule has 0 heterocycles. The van der Waals surface area contributed by atoms with Gasteiger partial charge in [0.25, 0.3) is 0 Å². The van der Waals surface area contributed by atoms with E-state index >= 15 is 0 Å². The van der Waals surface area contributed by atoms with Crippen molar-refractivity contribution in [3.05, 3.63) is 41.5 Å². The summed E-state index contributed by atoms with van der Waals surface area (Å²) in [7, 11) is 0. The van der Waals surface area contributed by atoms with Gasteiger partial charge in [-0.25, -0.2) is 0 Å². The van der Waals surface area contributed by atoms with Crippen LogP contribution in [0.25, 0.3) is 6.08 Å². The van der Waals surface area contributed by atoms with Crippen LogP contribution in [0.1, 0.15) is 24.5 Å². The van der Waals surface area contributed by atoms with Gasteiger partial charge in [0.05, 0.1) is 0 Å². The fourth-order valence-corrected chi connectivity index (χ4v) is 2.46. The molecule has 0 N–H and O–H groups in total. The molecule has 1 heteroatoms. The van der Waals surface area contributed by atoms with Crippen molar-refractivity contribution >= 4 is 34.0 Å². The molecule has 0 radical (unpaired) electrons. The van der Waals surface area contributed by atoms with E-state index in [4.69, 9.17) is 0 Å². The first-order chi connectivity index (χ1) is 5.76. The van der Waals surface area contributed by atoms with Crippen LogP contribution in [0.4, 0.5) is 0 Å². The van der Waals surface area contributed by atoms with E-state index in [-0.39, 0.29) is 0 Å². The standard InChI is InChI=1S/C11H11.Na/c1-2-9-7-8-10-5-3-4-6-11(9)10;/h3-8H,2H2,1H3;. The van der Waals surface area contributed by atoms with Gasteiger partial charge in [-0.2, -0.15) is 0 Å². The summed E-state index contributed by atoms with van der Waals surface area (Å²) in [5.74, 6) is 0. The molecule has 0 saturated heterocycles. The van der Waals surface area contributed by atoms with E-state index in [2.05, 4.69) is 43.3 Å². The van der Waals surface area contributed by atoms with Gasteiger partial charge in [-0.3, -0.25) is 0 Å². The predicted octanol–water partition coefficient (Wildman–Crippen LogP) is 2.49. The monoisotopic (exact) mass is 166 g/mol. The Labute approximate surface area is 91.1 Å².